The van der Waals surface area contributed by atoms with Gasteiger partial charge in [0, 0.05) is 12.7 Å². The van der Waals surface area contributed by atoms with Gasteiger partial charge >= 0.3 is 0 Å². The minimum absolute atomic E-state index is 0.317. The number of halogens is 2. The summed E-state index contributed by atoms with van der Waals surface area (Å²) in [4.78, 5) is 0. The summed E-state index contributed by atoms with van der Waals surface area (Å²) in [6.45, 7) is 0.861. The fourth-order valence-corrected chi connectivity index (χ4v) is 2.33. The molecule has 2 aromatic carbocycles. The predicted octanol–water partition coefficient (Wildman–Crippen LogP) is 3.70. The van der Waals surface area contributed by atoms with E-state index >= 15 is 0 Å². The van der Waals surface area contributed by atoms with E-state index in [1.807, 2.05) is 12.1 Å². The van der Waals surface area contributed by atoms with Crippen LogP contribution < -0.4 is 4.74 Å². The van der Waals surface area contributed by atoms with Crippen LogP contribution in [0, 0.1) is 5.82 Å². The second-order valence-corrected chi connectivity index (χ2v) is 5.31. The van der Waals surface area contributed by atoms with Gasteiger partial charge in [0.15, 0.2) is 0 Å². The van der Waals surface area contributed by atoms with Crippen molar-refractivity contribution in [1.82, 2.24) is 0 Å². The molecule has 1 atom stereocenters. The summed E-state index contributed by atoms with van der Waals surface area (Å²) < 4.78 is 24.1. The van der Waals surface area contributed by atoms with Crippen LogP contribution in [0.1, 0.15) is 17.2 Å². The van der Waals surface area contributed by atoms with Crippen LogP contribution >= 0.6 is 15.9 Å². The van der Waals surface area contributed by atoms with E-state index in [0.29, 0.717) is 34.6 Å². The molecule has 21 heavy (non-hydrogen) atoms. The number of ether oxygens (including phenoxy) is 2. The molecule has 0 bridgehead atoms. The topological polar surface area (TPSA) is 38.7 Å². The molecule has 0 fully saturated rings. The number of methoxy groups -OCH3 is 1. The van der Waals surface area contributed by atoms with Gasteiger partial charge in [0.2, 0.25) is 0 Å². The normalized spacial score (nSPS) is 12.2. The number of aliphatic hydroxyl groups excluding tert-OH is 1. The minimum Gasteiger partial charge on any atom is -0.491 e. The Morgan fingerprint density at radius 1 is 1.19 bits per heavy atom. The van der Waals surface area contributed by atoms with Crippen LogP contribution in [-0.2, 0) is 4.74 Å². The maximum absolute atomic E-state index is 13.3. The van der Waals surface area contributed by atoms with E-state index in [9.17, 15) is 9.50 Å². The number of hydrogen-bond donors (Lipinski definition) is 1. The van der Waals surface area contributed by atoms with E-state index in [4.69, 9.17) is 9.47 Å². The third-order valence-electron chi connectivity index (χ3n) is 3.02. The molecule has 3 nitrogen and oxygen atoms in total. The molecule has 0 aliphatic heterocycles. The average molecular weight is 355 g/mol. The number of rotatable bonds is 6. The van der Waals surface area contributed by atoms with Gasteiger partial charge in [0.1, 0.15) is 24.3 Å². The Kier molecular flexibility index (Phi) is 5.73. The van der Waals surface area contributed by atoms with Crippen molar-refractivity contribution in [3.63, 3.8) is 0 Å². The van der Waals surface area contributed by atoms with E-state index in [2.05, 4.69) is 15.9 Å². The molecule has 112 valence electrons. The van der Waals surface area contributed by atoms with Gasteiger partial charge in [0.25, 0.3) is 0 Å². The highest BCUT2D eigenvalue weighted by molar-refractivity contribution is 9.10. The van der Waals surface area contributed by atoms with Crippen molar-refractivity contribution in [2.75, 3.05) is 20.3 Å². The first-order chi connectivity index (χ1) is 10.1. The van der Waals surface area contributed by atoms with Crippen LogP contribution in [0.25, 0.3) is 0 Å². The van der Waals surface area contributed by atoms with Crippen molar-refractivity contribution >= 4 is 15.9 Å². The number of benzene rings is 2. The molecule has 0 amide bonds. The quantitative estimate of drug-likeness (QED) is 0.804. The molecule has 0 saturated carbocycles. The SMILES string of the molecule is COCCOc1ccccc1C(O)c1ccc(F)c(Br)c1. The zero-order valence-corrected chi connectivity index (χ0v) is 13.1. The lowest BCUT2D eigenvalue weighted by Crippen LogP contribution is -2.08. The highest BCUT2D eigenvalue weighted by atomic mass is 79.9. The summed E-state index contributed by atoms with van der Waals surface area (Å²) in [5.74, 6) is 0.220. The number of hydrogen-bond acceptors (Lipinski definition) is 3. The summed E-state index contributed by atoms with van der Waals surface area (Å²) >= 11 is 3.12. The molecule has 0 saturated heterocycles. The Morgan fingerprint density at radius 2 is 1.95 bits per heavy atom. The average Bonchev–Trinajstić information content (AvgIpc) is 2.50. The van der Waals surface area contributed by atoms with E-state index in [-0.39, 0.29) is 5.82 Å². The maximum atomic E-state index is 13.3. The highest BCUT2D eigenvalue weighted by Gasteiger charge is 2.16. The summed E-state index contributed by atoms with van der Waals surface area (Å²) in [6.07, 6.45) is -0.888. The fraction of sp³-hybridized carbons (Fsp3) is 0.250. The largest absolute Gasteiger partial charge is 0.491 e. The van der Waals surface area contributed by atoms with E-state index in [0.717, 1.165) is 0 Å². The van der Waals surface area contributed by atoms with Gasteiger partial charge in [-0.15, -0.1) is 0 Å². The molecular formula is C16H16BrFO3. The smallest absolute Gasteiger partial charge is 0.137 e. The molecule has 0 heterocycles. The van der Waals surface area contributed by atoms with E-state index < -0.39 is 6.10 Å². The molecule has 0 radical (unpaired) electrons. The molecule has 1 unspecified atom stereocenters. The Bertz CT molecular complexity index is 604. The van der Waals surface area contributed by atoms with Gasteiger partial charge in [-0.2, -0.15) is 0 Å². The van der Waals surface area contributed by atoms with E-state index in [1.54, 1.807) is 31.4 Å². The predicted molar refractivity (Wildman–Crippen MR) is 82.0 cm³/mol. The molecule has 5 heteroatoms. The zero-order valence-electron chi connectivity index (χ0n) is 11.6. The van der Waals surface area contributed by atoms with Crippen molar-refractivity contribution in [3.05, 3.63) is 63.9 Å². The Labute approximate surface area is 131 Å². The number of para-hydroxylation sites is 1. The molecular weight excluding hydrogens is 339 g/mol. The Hall–Kier alpha value is -1.43. The lowest BCUT2D eigenvalue weighted by molar-refractivity contribution is 0.142. The molecule has 1 N–H and O–H groups in total. The van der Waals surface area contributed by atoms with Crippen molar-refractivity contribution in [2.24, 2.45) is 0 Å². The third-order valence-corrected chi connectivity index (χ3v) is 3.63. The van der Waals surface area contributed by atoms with Crippen LogP contribution in [0.15, 0.2) is 46.9 Å². The molecule has 2 aromatic rings. The van der Waals surface area contributed by atoms with Gasteiger partial charge < -0.3 is 14.6 Å². The summed E-state index contributed by atoms with van der Waals surface area (Å²) in [6, 6.07) is 11.6. The van der Waals surface area contributed by atoms with Crippen molar-refractivity contribution in [2.45, 2.75) is 6.10 Å². The van der Waals surface area contributed by atoms with Gasteiger partial charge in [-0.05, 0) is 39.7 Å². The van der Waals surface area contributed by atoms with Crippen LogP contribution in [0.2, 0.25) is 0 Å². The van der Waals surface area contributed by atoms with Crippen LogP contribution in [0.3, 0.4) is 0 Å². The third kappa shape index (κ3) is 4.03. The van der Waals surface area contributed by atoms with Crippen LogP contribution in [0.5, 0.6) is 5.75 Å². The van der Waals surface area contributed by atoms with Crippen molar-refractivity contribution in [3.8, 4) is 5.75 Å². The number of aliphatic hydroxyl groups is 1. The Balaban J connectivity index is 2.25. The monoisotopic (exact) mass is 354 g/mol. The van der Waals surface area contributed by atoms with Gasteiger partial charge in [0.05, 0.1) is 11.1 Å². The lowest BCUT2D eigenvalue weighted by Gasteiger charge is -2.17. The summed E-state index contributed by atoms with van der Waals surface area (Å²) in [5, 5.41) is 10.5. The standard InChI is InChI=1S/C16H16BrFO3/c1-20-8-9-21-15-5-3-2-4-12(15)16(19)11-6-7-14(18)13(17)10-11/h2-7,10,16,19H,8-9H2,1H3. The van der Waals surface area contributed by atoms with Gasteiger partial charge in [-0.1, -0.05) is 24.3 Å². The van der Waals surface area contributed by atoms with Gasteiger partial charge in [-0.3, -0.25) is 0 Å². The molecule has 2 rings (SSSR count). The lowest BCUT2D eigenvalue weighted by atomic mass is 10.0. The first-order valence-electron chi connectivity index (χ1n) is 6.47. The molecule has 0 aromatic heterocycles. The first-order valence-corrected chi connectivity index (χ1v) is 7.26. The second-order valence-electron chi connectivity index (χ2n) is 4.46. The van der Waals surface area contributed by atoms with Crippen LogP contribution in [-0.4, -0.2) is 25.4 Å². The first kappa shape index (κ1) is 15.9. The van der Waals surface area contributed by atoms with Crippen LogP contribution in [0.4, 0.5) is 4.39 Å². The van der Waals surface area contributed by atoms with Crippen molar-refractivity contribution in [1.29, 1.82) is 0 Å². The highest BCUT2D eigenvalue weighted by Crippen LogP contribution is 2.31. The maximum Gasteiger partial charge on any atom is 0.137 e. The molecule has 0 aliphatic carbocycles. The summed E-state index contributed by atoms with van der Waals surface area (Å²) in [5.41, 5.74) is 1.22. The van der Waals surface area contributed by atoms with Crippen molar-refractivity contribution < 1.29 is 19.0 Å². The van der Waals surface area contributed by atoms with E-state index in [1.165, 1.54) is 6.07 Å². The second kappa shape index (κ2) is 7.54. The zero-order chi connectivity index (χ0) is 15.2. The minimum atomic E-state index is -0.888. The fourth-order valence-electron chi connectivity index (χ4n) is 1.93. The molecule has 0 spiro atoms. The van der Waals surface area contributed by atoms with Gasteiger partial charge in [-0.25, -0.2) is 4.39 Å². The summed E-state index contributed by atoms with van der Waals surface area (Å²) in [7, 11) is 1.60. The molecule has 0 aliphatic rings. The Morgan fingerprint density at radius 3 is 2.67 bits per heavy atom.